The van der Waals surface area contributed by atoms with Crippen LogP contribution in [0.25, 0.3) is 11.1 Å². The second kappa shape index (κ2) is 10.1. The topological polar surface area (TPSA) is 71.5 Å². The smallest absolute Gasteiger partial charge is 0.228 e. The highest BCUT2D eigenvalue weighted by molar-refractivity contribution is 5.83. The molecule has 32 heavy (non-hydrogen) atoms. The third kappa shape index (κ3) is 4.97. The Kier molecular flexibility index (Phi) is 6.80. The lowest BCUT2D eigenvalue weighted by Crippen LogP contribution is -2.38. The largest absolute Gasteiger partial charge is 0.496 e. The van der Waals surface area contributed by atoms with E-state index >= 15 is 0 Å². The zero-order valence-corrected chi connectivity index (χ0v) is 18.2. The minimum Gasteiger partial charge on any atom is -0.496 e. The van der Waals surface area contributed by atoms with Gasteiger partial charge in [0.2, 0.25) is 11.8 Å². The van der Waals surface area contributed by atoms with Crippen LogP contribution in [-0.4, -0.2) is 48.4 Å². The van der Waals surface area contributed by atoms with Gasteiger partial charge in [0.25, 0.3) is 0 Å². The van der Waals surface area contributed by atoms with Gasteiger partial charge in [-0.15, -0.1) is 0 Å². The summed E-state index contributed by atoms with van der Waals surface area (Å²) in [5.74, 6) is 0.426. The van der Waals surface area contributed by atoms with Crippen molar-refractivity contribution in [1.82, 2.24) is 15.2 Å². The van der Waals surface area contributed by atoms with Crippen molar-refractivity contribution in [1.29, 1.82) is 0 Å². The summed E-state index contributed by atoms with van der Waals surface area (Å²) in [4.78, 5) is 31.8. The number of carbonyl (C=O) groups is 2. The van der Waals surface area contributed by atoms with E-state index in [1.54, 1.807) is 18.2 Å². The van der Waals surface area contributed by atoms with Crippen LogP contribution in [-0.2, 0) is 22.4 Å². The lowest BCUT2D eigenvalue weighted by molar-refractivity contribution is -0.131. The average molecular weight is 430 g/mol. The number of rotatable bonds is 6. The standard InChI is InChI=1S/C26H27N3O3/c1-32-24-12-5-4-11-23(24)22-10-3-2-8-19(22)16-20-18-29(15-14-28-26(20)31)25(30)17-21-9-6-7-13-27-21/h2-13,20H,14-18H2,1H3,(H,28,31)/t20-/m0/s1. The second-order valence-electron chi connectivity index (χ2n) is 7.89. The van der Waals surface area contributed by atoms with Gasteiger partial charge in [-0.3, -0.25) is 14.6 Å². The molecule has 3 aromatic rings. The van der Waals surface area contributed by atoms with E-state index in [1.807, 2.05) is 66.7 Å². The molecule has 164 valence electrons. The maximum atomic E-state index is 12.9. The number of para-hydroxylation sites is 1. The number of methoxy groups -OCH3 is 1. The molecule has 6 nitrogen and oxygen atoms in total. The first-order valence-corrected chi connectivity index (χ1v) is 10.8. The lowest BCUT2D eigenvalue weighted by Gasteiger charge is -2.24. The highest BCUT2D eigenvalue weighted by Gasteiger charge is 2.28. The molecule has 1 fully saturated rings. The molecule has 1 aromatic heterocycles. The van der Waals surface area contributed by atoms with Gasteiger partial charge < -0.3 is 15.0 Å². The Morgan fingerprint density at radius 1 is 1.06 bits per heavy atom. The zero-order valence-electron chi connectivity index (χ0n) is 18.2. The second-order valence-corrected chi connectivity index (χ2v) is 7.89. The van der Waals surface area contributed by atoms with Crippen molar-refractivity contribution in [3.8, 4) is 16.9 Å². The number of aromatic nitrogens is 1. The maximum Gasteiger partial charge on any atom is 0.228 e. The van der Waals surface area contributed by atoms with E-state index in [0.29, 0.717) is 26.1 Å². The minimum absolute atomic E-state index is 0.0109. The molecule has 1 aliphatic rings. The number of hydrogen-bond donors (Lipinski definition) is 1. The van der Waals surface area contributed by atoms with Gasteiger partial charge in [-0.1, -0.05) is 48.5 Å². The average Bonchev–Trinajstić information content (AvgIpc) is 3.01. The fourth-order valence-corrected chi connectivity index (χ4v) is 4.15. The van der Waals surface area contributed by atoms with Crippen molar-refractivity contribution < 1.29 is 14.3 Å². The van der Waals surface area contributed by atoms with E-state index in [9.17, 15) is 9.59 Å². The van der Waals surface area contributed by atoms with Crippen LogP contribution in [0.15, 0.2) is 72.9 Å². The van der Waals surface area contributed by atoms with E-state index in [0.717, 1.165) is 28.1 Å². The number of nitrogens with one attached hydrogen (secondary N) is 1. The van der Waals surface area contributed by atoms with Crippen LogP contribution < -0.4 is 10.1 Å². The molecule has 6 heteroatoms. The molecular formula is C26H27N3O3. The number of amides is 2. The first kappa shape index (κ1) is 21.6. The predicted molar refractivity (Wildman–Crippen MR) is 123 cm³/mol. The van der Waals surface area contributed by atoms with Crippen LogP contribution in [0.1, 0.15) is 11.3 Å². The number of ether oxygens (including phenoxy) is 1. The predicted octanol–water partition coefficient (Wildman–Crippen LogP) is 3.12. The van der Waals surface area contributed by atoms with Crippen molar-refractivity contribution in [2.45, 2.75) is 12.8 Å². The summed E-state index contributed by atoms with van der Waals surface area (Å²) in [6.45, 7) is 1.34. The summed E-state index contributed by atoms with van der Waals surface area (Å²) in [6, 6.07) is 21.5. The summed E-state index contributed by atoms with van der Waals surface area (Å²) in [6.07, 6.45) is 2.46. The van der Waals surface area contributed by atoms with Crippen LogP contribution in [0.5, 0.6) is 5.75 Å². The summed E-state index contributed by atoms with van der Waals surface area (Å²) >= 11 is 0. The van der Waals surface area contributed by atoms with E-state index in [1.165, 1.54) is 0 Å². The number of hydrogen-bond acceptors (Lipinski definition) is 4. The molecule has 0 bridgehead atoms. The van der Waals surface area contributed by atoms with Crippen LogP contribution in [0.3, 0.4) is 0 Å². The Balaban J connectivity index is 1.55. The molecule has 1 N–H and O–H groups in total. The maximum absolute atomic E-state index is 12.9. The molecule has 0 unspecified atom stereocenters. The van der Waals surface area contributed by atoms with E-state index in [2.05, 4.69) is 10.3 Å². The number of pyridine rings is 1. The van der Waals surface area contributed by atoms with Crippen molar-refractivity contribution >= 4 is 11.8 Å². The highest BCUT2D eigenvalue weighted by atomic mass is 16.5. The third-order valence-corrected chi connectivity index (χ3v) is 5.78. The van der Waals surface area contributed by atoms with Crippen molar-refractivity contribution in [3.05, 3.63) is 84.2 Å². The van der Waals surface area contributed by atoms with E-state index in [4.69, 9.17) is 4.74 Å². The van der Waals surface area contributed by atoms with E-state index in [-0.39, 0.29) is 24.2 Å². The first-order valence-electron chi connectivity index (χ1n) is 10.8. The molecule has 2 aromatic carbocycles. The number of benzene rings is 2. The molecule has 0 aliphatic carbocycles. The van der Waals surface area contributed by atoms with Gasteiger partial charge in [-0.05, 0) is 35.7 Å². The summed E-state index contributed by atoms with van der Waals surface area (Å²) < 4.78 is 5.55. The van der Waals surface area contributed by atoms with Gasteiger partial charge >= 0.3 is 0 Å². The molecule has 0 radical (unpaired) electrons. The van der Waals surface area contributed by atoms with Crippen LogP contribution in [0.2, 0.25) is 0 Å². The molecule has 2 heterocycles. The Labute approximate surface area is 188 Å². The SMILES string of the molecule is COc1ccccc1-c1ccccc1C[C@H]1CN(C(=O)Cc2ccccn2)CCNC1=O. The van der Waals surface area contributed by atoms with Crippen molar-refractivity contribution in [2.24, 2.45) is 5.92 Å². The number of carbonyl (C=O) groups excluding carboxylic acids is 2. The Morgan fingerprint density at radius 2 is 1.81 bits per heavy atom. The van der Waals surface area contributed by atoms with Gasteiger partial charge in [0, 0.05) is 37.1 Å². The van der Waals surface area contributed by atoms with Crippen LogP contribution in [0, 0.1) is 5.92 Å². The van der Waals surface area contributed by atoms with Crippen molar-refractivity contribution in [2.75, 3.05) is 26.7 Å². The molecule has 1 saturated heterocycles. The zero-order chi connectivity index (χ0) is 22.3. The summed E-state index contributed by atoms with van der Waals surface area (Å²) in [5, 5.41) is 2.97. The van der Waals surface area contributed by atoms with Gasteiger partial charge in [0.15, 0.2) is 0 Å². The van der Waals surface area contributed by atoms with Crippen LogP contribution in [0.4, 0.5) is 0 Å². The molecule has 2 amide bonds. The Morgan fingerprint density at radius 3 is 2.59 bits per heavy atom. The molecule has 1 atom stereocenters. The molecular weight excluding hydrogens is 402 g/mol. The summed E-state index contributed by atoms with van der Waals surface area (Å²) in [7, 11) is 1.66. The molecule has 4 rings (SSSR count). The minimum atomic E-state index is -0.332. The molecule has 0 saturated carbocycles. The van der Waals surface area contributed by atoms with E-state index < -0.39 is 0 Å². The lowest BCUT2D eigenvalue weighted by atomic mass is 9.91. The van der Waals surface area contributed by atoms with Crippen LogP contribution >= 0.6 is 0 Å². The van der Waals surface area contributed by atoms with Gasteiger partial charge in [0.05, 0.1) is 19.4 Å². The van der Waals surface area contributed by atoms with Crippen molar-refractivity contribution in [3.63, 3.8) is 0 Å². The normalized spacial score (nSPS) is 16.2. The number of nitrogens with zero attached hydrogens (tertiary/aromatic N) is 2. The Hall–Kier alpha value is -3.67. The first-order chi connectivity index (χ1) is 15.7. The fourth-order valence-electron chi connectivity index (χ4n) is 4.15. The van der Waals surface area contributed by atoms with Gasteiger partial charge in [-0.2, -0.15) is 0 Å². The van der Waals surface area contributed by atoms with Gasteiger partial charge in [0.1, 0.15) is 5.75 Å². The Bertz CT molecular complexity index is 1080. The summed E-state index contributed by atoms with van der Waals surface area (Å²) in [5.41, 5.74) is 3.81. The molecule has 1 aliphatic heterocycles. The third-order valence-electron chi connectivity index (χ3n) is 5.78. The quantitative estimate of drug-likeness (QED) is 0.654. The monoisotopic (exact) mass is 429 g/mol. The van der Waals surface area contributed by atoms with Gasteiger partial charge in [-0.25, -0.2) is 0 Å². The molecule has 0 spiro atoms. The highest BCUT2D eigenvalue weighted by Crippen LogP contribution is 2.33. The fraction of sp³-hybridized carbons (Fsp3) is 0.269.